The molecule has 0 fully saturated rings. The average Bonchev–Trinajstić information content (AvgIpc) is 3.14. The molecule has 2 aromatic heterocycles. The Morgan fingerprint density at radius 1 is 1.39 bits per heavy atom. The maximum atomic E-state index is 10.5. The summed E-state index contributed by atoms with van der Waals surface area (Å²) >= 11 is 3.16. The van der Waals surface area contributed by atoms with Gasteiger partial charge in [0.05, 0.1) is 24.3 Å². The number of aliphatic imine (C=N–C) groups is 1. The molecule has 0 bridgehead atoms. The summed E-state index contributed by atoms with van der Waals surface area (Å²) in [5.41, 5.74) is 1.95. The number of rotatable bonds is 6. The van der Waals surface area contributed by atoms with Crippen LogP contribution in [-0.4, -0.2) is 29.1 Å². The van der Waals surface area contributed by atoms with Crippen LogP contribution in [-0.2, 0) is 12.1 Å². The molecule has 23 heavy (non-hydrogen) atoms. The van der Waals surface area contributed by atoms with E-state index in [4.69, 9.17) is 0 Å². The Bertz CT molecular complexity index is 611. The minimum atomic E-state index is -0.912. The van der Waals surface area contributed by atoms with Crippen molar-refractivity contribution in [2.45, 2.75) is 32.9 Å². The molecule has 0 aliphatic carbocycles. The van der Waals surface area contributed by atoms with Crippen LogP contribution in [0.1, 0.15) is 29.3 Å². The van der Waals surface area contributed by atoms with Gasteiger partial charge in [-0.2, -0.15) is 0 Å². The first-order valence-electron chi connectivity index (χ1n) is 7.20. The standard InChI is InChI=1S/C15H22N4OS2.HI/c1-4-16-14(17-8-12-11(2)19-10-22-12)18-9-15(3,20)13-6-5-7-21-13;/h5-7,10,20H,4,8-9H2,1-3H3,(H2,16,17,18);1H. The molecule has 0 saturated carbocycles. The molecule has 1 atom stereocenters. The normalized spacial score (nSPS) is 14.0. The van der Waals surface area contributed by atoms with Crippen LogP contribution in [0.5, 0.6) is 0 Å². The Morgan fingerprint density at radius 3 is 2.74 bits per heavy atom. The molecule has 0 saturated heterocycles. The SMILES string of the molecule is CCNC(=NCc1scnc1C)NCC(C)(O)c1cccs1.I. The van der Waals surface area contributed by atoms with E-state index >= 15 is 0 Å². The summed E-state index contributed by atoms with van der Waals surface area (Å²) in [6, 6.07) is 3.89. The number of aromatic nitrogens is 1. The van der Waals surface area contributed by atoms with Crippen LogP contribution in [0.4, 0.5) is 0 Å². The van der Waals surface area contributed by atoms with Crippen LogP contribution in [0.3, 0.4) is 0 Å². The summed E-state index contributed by atoms with van der Waals surface area (Å²) in [5.74, 6) is 0.701. The van der Waals surface area contributed by atoms with E-state index in [1.54, 1.807) is 22.7 Å². The van der Waals surface area contributed by atoms with E-state index in [0.717, 1.165) is 22.0 Å². The molecule has 2 heterocycles. The lowest BCUT2D eigenvalue weighted by Gasteiger charge is -2.23. The number of nitrogens with zero attached hydrogens (tertiary/aromatic N) is 2. The maximum absolute atomic E-state index is 10.5. The predicted molar refractivity (Wildman–Crippen MR) is 109 cm³/mol. The molecule has 128 valence electrons. The van der Waals surface area contributed by atoms with E-state index in [-0.39, 0.29) is 24.0 Å². The van der Waals surface area contributed by atoms with Crippen molar-refractivity contribution in [2.24, 2.45) is 4.99 Å². The Hall–Kier alpha value is -0.710. The third-order valence-electron chi connectivity index (χ3n) is 3.22. The lowest BCUT2D eigenvalue weighted by atomic mass is 10.1. The second-order valence-corrected chi connectivity index (χ2v) is 7.05. The summed E-state index contributed by atoms with van der Waals surface area (Å²) in [4.78, 5) is 10.9. The van der Waals surface area contributed by atoms with Crippen LogP contribution in [0.25, 0.3) is 0 Å². The molecular weight excluding hydrogens is 443 g/mol. The zero-order valence-electron chi connectivity index (χ0n) is 13.5. The van der Waals surface area contributed by atoms with Gasteiger partial charge in [0.1, 0.15) is 5.60 Å². The molecule has 0 aromatic carbocycles. The van der Waals surface area contributed by atoms with Gasteiger partial charge in [0, 0.05) is 16.3 Å². The fourth-order valence-corrected chi connectivity index (χ4v) is 3.39. The van der Waals surface area contributed by atoms with Crippen molar-refractivity contribution in [3.63, 3.8) is 0 Å². The van der Waals surface area contributed by atoms with Gasteiger partial charge in [-0.05, 0) is 32.2 Å². The first-order chi connectivity index (χ1) is 10.5. The van der Waals surface area contributed by atoms with Crippen molar-refractivity contribution in [1.82, 2.24) is 15.6 Å². The van der Waals surface area contributed by atoms with Gasteiger partial charge in [0.25, 0.3) is 0 Å². The maximum Gasteiger partial charge on any atom is 0.191 e. The molecule has 0 radical (unpaired) electrons. The van der Waals surface area contributed by atoms with Crippen LogP contribution in [0.15, 0.2) is 28.0 Å². The van der Waals surface area contributed by atoms with E-state index in [1.165, 1.54) is 0 Å². The molecule has 0 amide bonds. The van der Waals surface area contributed by atoms with Crippen LogP contribution in [0, 0.1) is 6.92 Å². The molecule has 2 aromatic rings. The highest BCUT2D eigenvalue weighted by Gasteiger charge is 2.24. The Labute approximate surface area is 162 Å². The third-order valence-corrected chi connectivity index (χ3v) is 5.26. The first kappa shape index (κ1) is 20.3. The summed E-state index contributed by atoms with van der Waals surface area (Å²) in [6.07, 6.45) is 0. The van der Waals surface area contributed by atoms with Crippen LogP contribution >= 0.6 is 46.7 Å². The van der Waals surface area contributed by atoms with Crippen molar-refractivity contribution in [3.05, 3.63) is 38.5 Å². The molecule has 0 aliphatic rings. The molecule has 2 rings (SSSR count). The Kier molecular flexibility index (Phi) is 8.45. The van der Waals surface area contributed by atoms with Gasteiger partial charge in [-0.3, -0.25) is 0 Å². The van der Waals surface area contributed by atoms with E-state index in [1.807, 2.05) is 43.8 Å². The number of nitrogens with one attached hydrogen (secondary N) is 2. The number of thiophene rings is 1. The molecule has 0 aliphatic heterocycles. The highest BCUT2D eigenvalue weighted by molar-refractivity contribution is 14.0. The van der Waals surface area contributed by atoms with Gasteiger partial charge >= 0.3 is 0 Å². The summed E-state index contributed by atoms with van der Waals surface area (Å²) < 4.78 is 0. The summed E-state index contributed by atoms with van der Waals surface area (Å²) in [6.45, 7) is 7.58. The molecular formula is C15H23IN4OS2. The lowest BCUT2D eigenvalue weighted by molar-refractivity contribution is 0.0655. The largest absolute Gasteiger partial charge is 0.383 e. The minimum absolute atomic E-state index is 0. The Morgan fingerprint density at radius 2 is 2.17 bits per heavy atom. The predicted octanol–water partition coefficient (Wildman–Crippen LogP) is 3.09. The number of halogens is 1. The molecule has 8 heteroatoms. The second kappa shape index (κ2) is 9.55. The smallest absolute Gasteiger partial charge is 0.191 e. The fourth-order valence-electron chi connectivity index (χ4n) is 1.90. The average molecular weight is 466 g/mol. The number of thiazole rings is 1. The van der Waals surface area contributed by atoms with E-state index in [9.17, 15) is 5.11 Å². The first-order valence-corrected chi connectivity index (χ1v) is 8.96. The lowest BCUT2D eigenvalue weighted by Crippen LogP contribution is -2.44. The van der Waals surface area contributed by atoms with Gasteiger partial charge < -0.3 is 15.7 Å². The number of aryl methyl sites for hydroxylation is 1. The monoisotopic (exact) mass is 466 g/mol. The van der Waals surface area contributed by atoms with Crippen molar-refractivity contribution in [1.29, 1.82) is 0 Å². The van der Waals surface area contributed by atoms with Crippen molar-refractivity contribution < 1.29 is 5.11 Å². The van der Waals surface area contributed by atoms with Gasteiger partial charge in [-0.1, -0.05) is 6.07 Å². The topological polar surface area (TPSA) is 69.5 Å². The van der Waals surface area contributed by atoms with Gasteiger partial charge in [0.2, 0.25) is 0 Å². The van der Waals surface area contributed by atoms with Gasteiger partial charge in [-0.25, -0.2) is 9.98 Å². The van der Waals surface area contributed by atoms with Crippen molar-refractivity contribution in [3.8, 4) is 0 Å². The quantitative estimate of drug-likeness (QED) is 0.348. The number of hydrogen-bond donors (Lipinski definition) is 3. The summed E-state index contributed by atoms with van der Waals surface area (Å²) in [5, 5.41) is 18.9. The fraction of sp³-hybridized carbons (Fsp3) is 0.467. The molecule has 3 N–H and O–H groups in total. The number of hydrogen-bond acceptors (Lipinski definition) is 5. The second-order valence-electron chi connectivity index (χ2n) is 5.16. The van der Waals surface area contributed by atoms with Crippen LogP contribution < -0.4 is 10.6 Å². The van der Waals surface area contributed by atoms with Crippen LogP contribution in [0.2, 0.25) is 0 Å². The van der Waals surface area contributed by atoms with Crippen molar-refractivity contribution in [2.75, 3.05) is 13.1 Å². The van der Waals surface area contributed by atoms with E-state index in [0.29, 0.717) is 19.0 Å². The zero-order valence-corrected chi connectivity index (χ0v) is 17.5. The highest BCUT2D eigenvalue weighted by atomic mass is 127. The molecule has 1 unspecified atom stereocenters. The van der Waals surface area contributed by atoms with E-state index in [2.05, 4.69) is 20.6 Å². The summed E-state index contributed by atoms with van der Waals surface area (Å²) in [7, 11) is 0. The zero-order chi connectivity index (χ0) is 16.0. The minimum Gasteiger partial charge on any atom is -0.383 e. The molecule has 0 spiro atoms. The highest BCUT2D eigenvalue weighted by Crippen LogP contribution is 2.24. The Balaban J connectivity index is 0.00000264. The van der Waals surface area contributed by atoms with Gasteiger partial charge in [-0.15, -0.1) is 46.7 Å². The molecule has 5 nitrogen and oxygen atoms in total. The van der Waals surface area contributed by atoms with Gasteiger partial charge in [0.15, 0.2) is 5.96 Å². The number of guanidine groups is 1. The van der Waals surface area contributed by atoms with E-state index < -0.39 is 5.60 Å². The third kappa shape index (κ3) is 6.02. The number of aliphatic hydroxyl groups is 1. The van der Waals surface area contributed by atoms with Crippen molar-refractivity contribution >= 4 is 52.6 Å².